The molecule has 0 unspecified atom stereocenters. The topological polar surface area (TPSA) is 35.5 Å². The maximum Gasteiger partial charge on any atom is 0.361 e. The molecule has 4 heteroatoms. The van der Waals surface area contributed by atoms with E-state index in [9.17, 15) is 4.79 Å². The average molecular weight is 355 g/mol. The number of likely N-dealkylation sites (N-methyl/N-ethyl adjacent to an activating group) is 1. The highest BCUT2D eigenvalue weighted by atomic mass is 16.5. The maximum absolute atomic E-state index is 12.0. The highest BCUT2D eigenvalue weighted by Crippen LogP contribution is 2.66. The fraction of sp³-hybridized carbons (Fsp3) is 0.952. The van der Waals surface area contributed by atoms with Gasteiger partial charge in [-0.2, -0.15) is 0 Å². The van der Waals surface area contributed by atoms with E-state index < -0.39 is 0 Å². The van der Waals surface area contributed by atoms with Crippen LogP contribution in [0, 0.1) is 22.7 Å². The van der Waals surface area contributed by atoms with Gasteiger partial charge in [-0.15, -0.1) is 0 Å². The number of ether oxygens (including phenoxy) is 2. The SMILES string of the molecule is CC(C)CCOC(=O)C[N+](C)(C)CCO[C@@H]1C[C@H]2CC[C@]1(C)C2(C)C. The van der Waals surface area contributed by atoms with Crippen molar-refractivity contribution in [3.63, 3.8) is 0 Å². The summed E-state index contributed by atoms with van der Waals surface area (Å²) in [6.07, 6.45) is 5.15. The van der Waals surface area contributed by atoms with Crippen molar-refractivity contribution in [2.75, 3.05) is 40.4 Å². The van der Waals surface area contributed by atoms with Crippen molar-refractivity contribution in [1.29, 1.82) is 0 Å². The molecule has 0 spiro atoms. The molecular formula is C21H40NO3+. The molecular weight excluding hydrogens is 314 g/mol. The lowest BCUT2D eigenvalue weighted by atomic mass is 9.70. The summed E-state index contributed by atoms with van der Waals surface area (Å²) in [5.74, 6) is 1.27. The molecule has 146 valence electrons. The summed E-state index contributed by atoms with van der Waals surface area (Å²) in [5.41, 5.74) is 0.701. The normalized spacial score (nSPS) is 30.9. The zero-order valence-corrected chi connectivity index (χ0v) is 17.6. The van der Waals surface area contributed by atoms with Crippen LogP contribution in [0.1, 0.15) is 60.3 Å². The van der Waals surface area contributed by atoms with Crippen LogP contribution in [0.15, 0.2) is 0 Å². The second-order valence-electron chi connectivity index (χ2n) is 10.2. The van der Waals surface area contributed by atoms with Crippen molar-refractivity contribution in [3.05, 3.63) is 0 Å². The van der Waals surface area contributed by atoms with Crippen molar-refractivity contribution in [2.45, 2.75) is 66.4 Å². The third-order valence-electron chi connectivity index (χ3n) is 7.24. The van der Waals surface area contributed by atoms with E-state index in [0.29, 0.717) is 40.5 Å². The van der Waals surface area contributed by atoms with Gasteiger partial charge in [-0.1, -0.05) is 34.6 Å². The van der Waals surface area contributed by atoms with Crippen LogP contribution in [-0.2, 0) is 14.3 Å². The number of fused-ring (bicyclic) bond motifs is 2. The number of carbonyl (C=O) groups excluding carboxylic acids is 1. The maximum atomic E-state index is 12.0. The summed E-state index contributed by atoms with van der Waals surface area (Å²) in [5, 5.41) is 0. The second-order valence-corrected chi connectivity index (χ2v) is 10.2. The molecule has 0 aromatic carbocycles. The van der Waals surface area contributed by atoms with Crippen molar-refractivity contribution in [2.24, 2.45) is 22.7 Å². The molecule has 25 heavy (non-hydrogen) atoms. The van der Waals surface area contributed by atoms with Gasteiger partial charge in [0.25, 0.3) is 0 Å². The van der Waals surface area contributed by atoms with E-state index >= 15 is 0 Å². The van der Waals surface area contributed by atoms with Crippen LogP contribution in [-0.4, -0.2) is 57.0 Å². The fourth-order valence-corrected chi connectivity index (χ4v) is 4.71. The Morgan fingerprint density at radius 1 is 1.20 bits per heavy atom. The summed E-state index contributed by atoms with van der Waals surface area (Å²) >= 11 is 0. The lowest BCUT2D eigenvalue weighted by Gasteiger charge is -2.39. The van der Waals surface area contributed by atoms with Gasteiger partial charge in [0.15, 0.2) is 6.54 Å². The van der Waals surface area contributed by atoms with Crippen molar-refractivity contribution in [3.8, 4) is 0 Å². The molecule has 0 aromatic heterocycles. The second kappa shape index (κ2) is 7.56. The summed E-state index contributed by atoms with van der Waals surface area (Å²) in [6.45, 7) is 14.0. The summed E-state index contributed by atoms with van der Waals surface area (Å²) in [4.78, 5) is 12.0. The first-order valence-electron chi connectivity index (χ1n) is 10.1. The lowest BCUT2D eigenvalue weighted by Crippen LogP contribution is -2.47. The highest BCUT2D eigenvalue weighted by Gasteiger charge is 2.61. The number of hydrogen-bond donors (Lipinski definition) is 0. The van der Waals surface area contributed by atoms with Crippen molar-refractivity contribution in [1.82, 2.24) is 0 Å². The molecule has 0 aromatic rings. The molecule has 0 aliphatic heterocycles. The van der Waals surface area contributed by atoms with Gasteiger partial charge in [0, 0.05) is 0 Å². The molecule has 3 atom stereocenters. The molecule has 0 amide bonds. The predicted molar refractivity (Wildman–Crippen MR) is 101 cm³/mol. The molecule has 0 heterocycles. The van der Waals surface area contributed by atoms with Crippen LogP contribution in [0.4, 0.5) is 0 Å². The Morgan fingerprint density at radius 3 is 2.40 bits per heavy atom. The first-order valence-corrected chi connectivity index (χ1v) is 10.1. The summed E-state index contributed by atoms with van der Waals surface area (Å²) in [6, 6.07) is 0. The van der Waals surface area contributed by atoms with Crippen molar-refractivity contribution >= 4 is 5.97 Å². The Hall–Kier alpha value is -0.610. The van der Waals surface area contributed by atoms with E-state index in [1.54, 1.807) is 0 Å². The molecule has 4 nitrogen and oxygen atoms in total. The van der Waals surface area contributed by atoms with Gasteiger partial charge in [0.1, 0.15) is 6.54 Å². The molecule has 2 aliphatic carbocycles. The van der Waals surface area contributed by atoms with E-state index in [1.807, 2.05) is 0 Å². The molecule has 2 rings (SSSR count). The van der Waals surface area contributed by atoms with Crippen molar-refractivity contribution < 1.29 is 18.8 Å². The van der Waals surface area contributed by atoms with Gasteiger partial charge >= 0.3 is 5.97 Å². The minimum absolute atomic E-state index is 0.0985. The van der Waals surface area contributed by atoms with Gasteiger partial charge < -0.3 is 14.0 Å². The van der Waals surface area contributed by atoms with E-state index in [-0.39, 0.29) is 5.97 Å². The Balaban J connectivity index is 1.73. The van der Waals surface area contributed by atoms with Crippen LogP contribution in [0.5, 0.6) is 0 Å². The Bertz CT molecular complexity index is 472. The standard InChI is InChI=1S/C21H40NO3/c1-16(2)9-12-25-19(23)15-22(6,7)11-13-24-18-14-17-8-10-21(18,5)20(17,3)4/h16-18H,8-15H2,1-7H3/q+1/t17-,18-,21+/m1/s1. The number of esters is 1. The van der Waals surface area contributed by atoms with Crippen LogP contribution in [0.25, 0.3) is 0 Å². The Labute approximate surface area is 154 Å². The molecule has 2 bridgehead atoms. The number of carbonyl (C=O) groups is 1. The molecule has 0 N–H and O–H groups in total. The lowest BCUT2D eigenvalue weighted by molar-refractivity contribution is -0.883. The van der Waals surface area contributed by atoms with Gasteiger partial charge in [0.2, 0.25) is 0 Å². The Morgan fingerprint density at radius 2 is 1.88 bits per heavy atom. The molecule has 2 aliphatic rings. The zero-order valence-electron chi connectivity index (χ0n) is 17.6. The minimum atomic E-state index is -0.0985. The first-order chi connectivity index (χ1) is 11.5. The van der Waals surface area contributed by atoms with Crippen LogP contribution >= 0.6 is 0 Å². The first kappa shape index (κ1) is 20.7. The predicted octanol–water partition coefficient (Wildman–Crippen LogP) is 3.88. The van der Waals surface area contributed by atoms with Crippen LogP contribution in [0.2, 0.25) is 0 Å². The van der Waals surface area contributed by atoms with Crippen LogP contribution < -0.4 is 0 Å². The third-order valence-corrected chi connectivity index (χ3v) is 7.24. The summed E-state index contributed by atoms with van der Waals surface area (Å²) in [7, 11) is 4.17. The number of quaternary nitrogens is 1. The van der Waals surface area contributed by atoms with E-state index in [0.717, 1.165) is 25.5 Å². The quantitative estimate of drug-likeness (QED) is 0.465. The minimum Gasteiger partial charge on any atom is -0.462 e. The van der Waals surface area contributed by atoms with E-state index in [2.05, 4.69) is 48.7 Å². The molecule has 0 saturated heterocycles. The highest BCUT2D eigenvalue weighted by molar-refractivity contribution is 5.70. The van der Waals surface area contributed by atoms with Gasteiger partial charge in [-0.05, 0) is 48.3 Å². The largest absolute Gasteiger partial charge is 0.462 e. The average Bonchev–Trinajstić information content (AvgIpc) is 2.79. The monoisotopic (exact) mass is 354 g/mol. The fourth-order valence-electron chi connectivity index (χ4n) is 4.71. The van der Waals surface area contributed by atoms with Gasteiger partial charge in [-0.25, -0.2) is 4.79 Å². The summed E-state index contributed by atoms with van der Waals surface area (Å²) < 4.78 is 12.3. The zero-order chi connectivity index (χ0) is 18.9. The molecule has 2 fully saturated rings. The molecule has 0 radical (unpaired) electrons. The van der Waals surface area contributed by atoms with E-state index in [4.69, 9.17) is 9.47 Å². The van der Waals surface area contributed by atoms with Gasteiger partial charge in [-0.3, -0.25) is 0 Å². The number of nitrogens with zero attached hydrogens (tertiary/aromatic N) is 1. The van der Waals surface area contributed by atoms with Gasteiger partial charge in [0.05, 0.1) is 33.4 Å². The third kappa shape index (κ3) is 4.57. The molecule has 2 saturated carbocycles. The van der Waals surface area contributed by atoms with E-state index in [1.165, 1.54) is 19.3 Å². The number of hydrogen-bond acceptors (Lipinski definition) is 3. The van der Waals surface area contributed by atoms with Crippen LogP contribution in [0.3, 0.4) is 0 Å². The number of rotatable bonds is 9. The smallest absolute Gasteiger partial charge is 0.361 e. The Kier molecular flexibility index (Phi) is 6.26.